The highest BCUT2D eigenvalue weighted by molar-refractivity contribution is 5.96. The number of aliphatic carboxylic acids is 1. The van der Waals surface area contributed by atoms with Gasteiger partial charge in [0.2, 0.25) is 5.91 Å². The normalized spacial score (nSPS) is 13.3. The molecule has 1 aliphatic heterocycles. The molecule has 0 unspecified atom stereocenters. The van der Waals surface area contributed by atoms with Crippen molar-refractivity contribution in [2.75, 3.05) is 24.5 Å². The molecule has 0 saturated heterocycles. The smallest absolute Gasteiger partial charge is 0.416 e. The Bertz CT molecular complexity index is 1040. The predicted octanol–water partition coefficient (Wildman–Crippen LogP) is 4.44. The molecule has 1 heterocycles. The van der Waals surface area contributed by atoms with Crippen LogP contribution in [0.5, 0.6) is 5.75 Å². The molecule has 0 aromatic heterocycles. The van der Waals surface area contributed by atoms with Crippen LogP contribution in [-0.4, -0.2) is 36.6 Å². The van der Waals surface area contributed by atoms with Gasteiger partial charge in [-0.3, -0.25) is 9.59 Å². The van der Waals surface area contributed by atoms with Gasteiger partial charge in [0.15, 0.2) is 0 Å². The number of ether oxygens (including phenoxy) is 1. The molecule has 34 heavy (non-hydrogen) atoms. The first-order chi connectivity index (χ1) is 16.0. The van der Waals surface area contributed by atoms with Crippen LogP contribution in [0.3, 0.4) is 0 Å². The number of halogens is 3. The Kier molecular flexibility index (Phi) is 8.19. The SMILES string of the molecule is CC(C)Cc1ccc(COc2ccc3c(c2)CCN3C(=O)CNCCC(=O)O)cc1C(F)(F)F. The van der Waals surface area contributed by atoms with Crippen LogP contribution < -0.4 is 15.0 Å². The number of nitrogens with zero attached hydrogens (tertiary/aromatic N) is 1. The van der Waals surface area contributed by atoms with Crippen molar-refractivity contribution in [2.45, 2.75) is 45.9 Å². The van der Waals surface area contributed by atoms with Gasteiger partial charge in [0, 0.05) is 18.8 Å². The second-order valence-electron chi connectivity index (χ2n) is 8.78. The van der Waals surface area contributed by atoms with Gasteiger partial charge in [-0.15, -0.1) is 0 Å². The fourth-order valence-electron chi connectivity index (χ4n) is 3.97. The lowest BCUT2D eigenvalue weighted by Gasteiger charge is -2.18. The van der Waals surface area contributed by atoms with Crippen LogP contribution in [-0.2, 0) is 35.2 Å². The zero-order valence-corrected chi connectivity index (χ0v) is 19.2. The van der Waals surface area contributed by atoms with E-state index in [9.17, 15) is 22.8 Å². The number of carbonyl (C=O) groups is 2. The highest BCUT2D eigenvalue weighted by Gasteiger charge is 2.33. The molecule has 0 atom stereocenters. The van der Waals surface area contributed by atoms with E-state index in [1.54, 1.807) is 29.2 Å². The number of anilines is 1. The first kappa shape index (κ1) is 25.6. The topological polar surface area (TPSA) is 78.9 Å². The molecule has 9 heteroatoms. The third kappa shape index (κ3) is 6.72. The van der Waals surface area contributed by atoms with Crippen LogP contribution in [0.4, 0.5) is 18.9 Å². The van der Waals surface area contributed by atoms with Gasteiger partial charge in [-0.25, -0.2) is 0 Å². The Morgan fingerprint density at radius 3 is 2.62 bits per heavy atom. The highest BCUT2D eigenvalue weighted by atomic mass is 19.4. The van der Waals surface area contributed by atoms with Crippen molar-refractivity contribution in [3.8, 4) is 5.75 Å². The summed E-state index contributed by atoms with van der Waals surface area (Å²) in [5.74, 6) is -0.451. The Balaban J connectivity index is 1.63. The minimum atomic E-state index is -4.42. The van der Waals surface area contributed by atoms with Crippen LogP contribution in [0.25, 0.3) is 0 Å². The third-order valence-electron chi connectivity index (χ3n) is 5.55. The van der Waals surface area contributed by atoms with Crippen LogP contribution >= 0.6 is 0 Å². The molecule has 2 aromatic carbocycles. The minimum absolute atomic E-state index is 0.0000323. The van der Waals surface area contributed by atoms with Gasteiger partial charge in [-0.05, 0) is 59.7 Å². The molecular formula is C25H29F3N2O4. The summed E-state index contributed by atoms with van der Waals surface area (Å²) < 4.78 is 46.3. The molecule has 6 nitrogen and oxygen atoms in total. The zero-order valence-electron chi connectivity index (χ0n) is 19.2. The van der Waals surface area contributed by atoms with Gasteiger partial charge < -0.3 is 20.1 Å². The van der Waals surface area contributed by atoms with E-state index in [-0.39, 0.29) is 43.5 Å². The van der Waals surface area contributed by atoms with Crippen molar-refractivity contribution < 1.29 is 32.6 Å². The Morgan fingerprint density at radius 1 is 1.18 bits per heavy atom. The Labute approximate surface area is 196 Å². The summed E-state index contributed by atoms with van der Waals surface area (Å²) in [4.78, 5) is 24.6. The largest absolute Gasteiger partial charge is 0.489 e. The molecule has 0 saturated carbocycles. The number of carbonyl (C=O) groups excluding carboxylic acids is 1. The molecule has 0 spiro atoms. The first-order valence-electron chi connectivity index (χ1n) is 11.2. The maximum absolute atomic E-state index is 13.5. The number of carboxylic acids is 1. The van der Waals surface area contributed by atoms with E-state index in [0.717, 1.165) is 17.3 Å². The molecule has 0 bridgehead atoms. The third-order valence-corrected chi connectivity index (χ3v) is 5.55. The van der Waals surface area contributed by atoms with E-state index in [0.29, 0.717) is 30.7 Å². The predicted molar refractivity (Wildman–Crippen MR) is 122 cm³/mol. The number of alkyl halides is 3. The zero-order chi connectivity index (χ0) is 24.9. The number of fused-ring (bicyclic) bond motifs is 1. The van der Waals surface area contributed by atoms with Crippen LogP contribution in [0.1, 0.15) is 42.5 Å². The number of carboxylic acid groups (broad SMARTS) is 1. The summed E-state index contributed by atoms with van der Waals surface area (Å²) in [7, 11) is 0. The number of nitrogens with one attached hydrogen (secondary N) is 1. The van der Waals surface area contributed by atoms with Gasteiger partial charge >= 0.3 is 12.1 Å². The summed E-state index contributed by atoms with van der Waals surface area (Å²) in [5, 5.41) is 11.5. The number of hydrogen-bond acceptors (Lipinski definition) is 4. The van der Waals surface area contributed by atoms with Crippen molar-refractivity contribution in [3.63, 3.8) is 0 Å². The van der Waals surface area contributed by atoms with Crippen molar-refractivity contribution >= 4 is 17.6 Å². The Hall–Kier alpha value is -3.07. The quantitative estimate of drug-likeness (QED) is 0.494. The summed E-state index contributed by atoms with van der Waals surface area (Å²) in [5.41, 5.74) is 1.77. The van der Waals surface area contributed by atoms with Gasteiger partial charge in [0.25, 0.3) is 0 Å². The maximum Gasteiger partial charge on any atom is 0.416 e. The van der Waals surface area contributed by atoms with Gasteiger partial charge in [-0.2, -0.15) is 13.2 Å². The lowest BCUT2D eigenvalue weighted by Crippen LogP contribution is -2.37. The van der Waals surface area contributed by atoms with Crippen LogP contribution in [0, 0.1) is 5.92 Å². The number of amides is 1. The summed E-state index contributed by atoms with van der Waals surface area (Å²) in [6.45, 7) is 4.53. The van der Waals surface area contributed by atoms with Gasteiger partial charge in [0.1, 0.15) is 12.4 Å². The van der Waals surface area contributed by atoms with E-state index in [1.165, 1.54) is 6.07 Å². The molecule has 1 aliphatic rings. The van der Waals surface area contributed by atoms with E-state index in [4.69, 9.17) is 9.84 Å². The van der Waals surface area contributed by atoms with Crippen molar-refractivity contribution in [2.24, 2.45) is 5.92 Å². The molecule has 184 valence electrons. The number of hydrogen-bond donors (Lipinski definition) is 2. The van der Waals surface area contributed by atoms with Crippen molar-refractivity contribution in [3.05, 3.63) is 58.7 Å². The number of rotatable bonds is 10. The minimum Gasteiger partial charge on any atom is -0.489 e. The second kappa shape index (κ2) is 10.9. The monoisotopic (exact) mass is 478 g/mol. The molecule has 2 N–H and O–H groups in total. The van der Waals surface area contributed by atoms with Crippen molar-refractivity contribution in [1.29, 1.82) is 0 Å². The summed E-state index contributed by atoms with van der Waals surface area (Å²) in [6.07, 6.45) is -3.50. The summed E-state index contributed by atoms with van der Waals surface area (Å²) in [6, 6.07) is 9.61. The standard InChI is InChI=1S/C25H29F3N2O4/c1-16(2)11-18-4-3-17(12-21(18)25(26,27)28)15-34-20-5-6-22-19(13-20)8-10-30(22)23(31)14-29-9-7-24(32)33/h3-6,12-13,16,29H,7-11,14-15H2,1-2H3,(H,32,33). The molecule has 2 aromatic rings. The van der Waals surface area contributed by atoms with Crippen molar-refractivity contribution in [1.82, 2.24) is 5.32 Å². The molecule has 0 radical (unpaired) electrons. The van der Waals surface area contributed by atoms with E-state index >= 15 is 0 Å². The first-order valence-corrected chi connectivity index (χ1v) is 11.2. The lowest BCUT2D eigenvalue weighted by molar-refractivity contribution is -0.138. The van der Waals surface area contributed by atoms with E-state index in [1.807, 2.05) is 13.8 Å². The van der Waals surface area contributed by atoms with Gasteiger partial charge in [-0.1, -0.05) is 26.0 Å². The van der Waals surface area contributed by atoms with Crippen LogP contribution in [0.15, 0.2) is 36.4 Å². The lowest BCUT2D eigenvalue weighted by atomic mass is 9.96. The fourth-order valence-corrected chi connectivity index (χ4v) is 3.97. The van der Waals surface area contributed by atoms with E-state index < -0.39 is 17.7 Å². The number of benzene rings is 2. The summed E-state index contributed by atoms with van der Waals surface area (Å²) >= 11 is 0. The molecule has 0 fully saturated rings. The fraction of sp³-hybridized carbons (Fsp3) is 0.440. The van der Waals surface area contributed by atoms with Crippen LogP contribution in [0.2, 0.25) is 0 Å². The molecule has 3 rings (SSSR count). The van der Waals surface area contributed by atoms with Gasteiger partial charge in [0.05, 0.1) is 18.5 Å². The Morgan fingerprint density at radius 2 is 1.94 bits per heavy atom. The highest BCUT2D eigenvalue weighted by Crippen LogP contribution is 2.35. The molecular weight excluding hydrogens is 449 g/mol. The average Bonchev–Trinajstić information content (AvgIpc) is 3.18. The molecule has 0 aliphatic carbocycles. The second-order valence-corrected chi connectivity index (χ2v) is 8.78. The maximum atomic E-state index is 13.5. The molecule has 1 amide bonds. The average molecular weight is 479 g/mol. The van der Waals surface area contributed by atoms with E-state index in [2.05, 4.69) is 5.32 Å².